The van der Waals surface area contributed by atoms with E-state index in [0.717, 1.165) is 0 Å². The second-order valence-corrected chi connectivity index (χ2v) is 6.93. The van der Waals surface area contributed by atoms with E-state index in [1.54, 1.807) is 6.92 Å². The predicted octanol–water partition coefficient (Wildman–Crippen LogP) is 3.27. The van der Waals surface area contributed by atoms with Gasteiger partial charge >= 0.3 is 0 Å². The van der Waals surface area contributed by atoms with Crippen LogP contribution in [-0.4, -0.2) is 17.0 Å². The predicted molar refractivity (Wildman–Crippen MR) is 73.1 cm³/mol. The van der Waals surface area contributed by atoms with Gasteiger partial charge < -0.3 is 5.11 Å². The molecule has 2 unspecified atom stereocenters. The Bertz CT molecular complexity index is 438. The molecule has 1 N–H and O–H groups in total. The molecule has 2 aliphatic rings. The fourth-order valence-corrected chi connectivity index (χ4v) is 3.29. The third kappa shape index (κ3) is 2.07. The van der Waals surface area contributed by atoms with E-state index in [-0.39, 0.29) is 22.5 Å². The van der Waals surface area contributed by atoms with Crippen molar-refractivity contribution in [1.29, 1.82) is 0 Å². The Morgan fingerprint density at radius 1 is 1.11 bits per heavy atom. The van der Waals surface area contributed by atoms with Gasteiger partial charge in [-0.15, -0.1) is 0 Å². The molecule has 2 nitrogen and oxygen atoms in total. The van der Waals surface area contributed by atoms with E-state index in [1.165, 1.54) is 11.1 Å². The van der Waals surface area contributed by atoms with Crippen LogP contribution in [0.1, 0.15) is 47.5 Å². The average Bonchev–Trinajstić information content (AvgIpc) is 2.24. The molecule has 18 heavy (non-hydrogen) atoms. The quantitative estimate of drug-likeness (QED) is 0.723. The SMILES string of the molecule is CC(=O)C1CC2=C(CC1O)C(C)(C)C=CC2(C)C. The average molecular weight is 248 g/mol. The van der Waals surface area contributed by atoms with Crippen LogP contribution in [0.5, 0.6) is 0 Å². The van der Waals surface area contributed by atoms with Gasteiger partial charge in [0.1, 0.15) is 5.78 Å². The zero-order valence-electron chi connectivity index (χ0n) is 12.1. The van der Waals surface area contributed by atoms with Gasteiger partial charge in [0.15, 0.2) is 0 Å². The Kier molecular flexibility index (Phi) is 3.05. The lowest BCUT2D eigenvalue weighted by Crippen LogP contribution is -2.39. The maximum Gasteiger partial charge on any atom is 0.135 e. The summed E-state index contributed by atoms with van der Waals surface area (Å²) in [6.07, 6.45) is 5.34. The number of allylic oxidation sites excluding steroid dienone is 3. The Morgan fingerprint density at radius 3 is 2.00 bits per heavy atom. The first-order valence-corrected chi connectivity index (χ1v) is 6.77. The van der Waals surface area contributed by atoms with Crippen LogP contribution in [0.2, 0.25) is 0 Å². The summed E-state index contributed by atoms with van der Waals surface area (Å²) in [5.41, 5.74) is 2.72. The molecular weight excluding hydrogens is 224 g/mol. The molecule has 2 heteroatoms. The zero-order valence-corrected chi connectivity index (χ0v) is 12.1. The lowest BCUT2D eigenvalue weighted by molar-refractivity contribution is -0.124. The number of hydrogen-bond acceptors (Lipinski definition) is 2. The van der Waals surface area contributed by atoms with Gasteiger partial charge in [0.25, 0.3) is 0 Å². The number of aliphatic hydroxyl groups is 1. The highest BCUT2D eigenvalue weighted by molar-refractivity contribution is 5.79. The summed E-state index contributed by atoms with van der Waals surface area (Å²) in [7, 11) is 0. The van der Waals surface area contributed by atoms with Crippen molar-refractivity contribution in [3.05, 3.63) is 23.3 Å². The summed E-state index contributed by atoms with van der Waals surface area (Å²) < 4.78 is 0. The van der Waals surface area contributed by atoms with Gasteiger partial charge in [-0.2, -0.15) is 0 Å². The normalized spacial score (nSPS) is 33.2. The van der Waals surface area contributed by atoms with Gasteiger partial charge in [0.2, 0.25) is 0 Å². The van der Waals surface area contributed by atoms with E-state index >= 15 is 0 Å². The maximum atomic E-state index is 11.7. The summed E-state index contributed by atoms with van der Waals surface area (Å²) in [6, 6.07) is 0. The topological polar surface area (TPSA) is 37.3 Å². The van der Waals surface area contributed by atoms with Crippen LogP contribution in [0.25, 0.3) is 0 Å². The molecule has 0 bridgehead atoms. The minimum absolute atomic E-state index is 0.00753. The number of carbonyl (C=O) groups excluding carboxylic acids is 1. The lowest BCUT2D eigenvalue weighted by Gasteiger charge is -2.45. The first-order valence-electron chi connectivity index (χ1n) is 6.77. The van der Waals surface area contributed by atoms with Crippen molar-refractivity contribution in [3.8, 4) is 0 Å². The third-order valence-electron chi connectivity index (χ3n) is 4.66. The van der Waals surface area contributed by atoms with Crippen LogP contribution < -0.4 is 0 Å². The summed E-state index contributed by atoms with van der Waals surface area (Å²) in [5, 5.41) is 10.2. The van der Waals surface area contributed by atoms with Crippen LogP contribution >= 0.6 is 0 Å². The highest BCUT2D eigenvalue weighted by atomic mass is 16.3. The van der Waals surface area contributed by atoms with E-state index in [9.17, 15) is 9.90 Å². The number of hydrogen-bond donors (Lipinski definition) is 1. The smallest absolute Gasteiger partial charge is 0.135 e. The summed E-state index contributed by atoms with van der Waals surface area (Å²) in [4.78, 5) is 11.7. The van der Waals surface area contributed by atoms with Crippen molar-refractivity contribution < 1.29 is 9.90 Å². The molecule has 2 aliphatic carbocycles. The fourth-order valence-electron chi connectivity index (χ4n) is 3.29. The standard InChI is InChI=1S/C16H24O2/c1-10(17)11-8-12-13(9-14(11)18)16(4,5)7-6-15(12,2)3/h6-7,11,14,18H,8-9H2,1-5H3. The van der Waals surface area contributed by atoms with Gasteiger partial charge in [-0.3, -0.25) is 4.79 Å². The number of rotatable bonds is 1. The lowest BCUT2D eigenvalue weighted by atomic mass is 9.61. The minimum Gasteiger partial charge on any atom is -0.392 e. The molecule has 2 atom stereocenters. The van der Waals surface area contributed by atoms with Crippen molar-refractivity contribution in [3.63, 3.8) is 0 Å². The van der Waals surface area contributed by atoms with Crippen molar-refractivity contribution in [2.24, 2.45) is 16.7 Å². The van der Waals surface area contributed by atoms with Crippen LogP contribution in [0.3, 0.4) is 0 Å². The molecule has 0 saturated heterocycles. The van der Waals surface area contributed by atoms with E-state index in [4.69, 9.17) is 0 Å². The molecule has 2 rings (SSSR count). The molecule has 0 amide bonds. The van der Waals surface area contributed by atoms with Crippen LogP contribution in [0, 0.1) is 16.7 Å². The summed E-state index contributed by atoms with van der Waals surface area (Å²) >= 11 is 0. The minimum atomic E-state index is -0.511. The van der Waals surface area contributed by atoms with Crippen molar-refractivity contribution in [2.45, 2.75) is 53.6 Å². The molecule has 0 aliphatic heterocycles. The molecule has 0 spiro atoms. The molecule has 0 aromatic carbocycles. The molecular formula is C16H24O2. The van der Waals surface area contributed by atoms with Crippen molar-refractivity contribution >= 4 is 5.78 Å². The van der Waals surface area contributed by atoms with E-state index in [0.29, 0.717) is 12.8 Å². The Balaban J connectivity index is 2.46. The van der Waals surface area contributed by atoms with E-state index in [2.05, 4.69) is 39.8 Å². The van der Waals surface area contributed by atoms with E-state index in [1.807, 2.05) is 0 Å². The first kappa shape index (κ1) is 13.5. The molecule has 0 aromatic heterocycles. The Hall–Kier alpha value is -0.890. The number of aliphatic hydroxyl groups excluding tert-OH is 1. The van der Waals surface area contributed by atoms with Crippen molar-refractivity contribution in [1.82, 2.24) is 0 Å². The van der Waals surface area contributed by atoms with E-state index < -0.39 is 6.10 Å². The van der Waals surface area contributed by atoms with Gasteiger partial charge in [-0.05, 0) is 19.8 Å². The van der Waals surface area contributed by atoms with Crippen LogP contribution in [0.4, 0.5) is 0 Å². The summed E-state index contributed by atoms with van der Waals surface area (Å²) in [5.74, 6) is -0.109. The van der Waals surface area contributed by atoms with Gasteiger partial charge in [-0.25, -0.2) is 0 Å². The Morgan fingerprint density at radius 2 is 1.56 bits per heavy atom. The van der Waals surface area contributed by atoms with Gasteiger partial charge in [0, 0.05) is 16.7 Å². The van der Waals surface area contributed by atoms with Gasteiger partial charge in [-0.1, -0.05) is 51.0 Å². The number of carbonyl (C=O) groups is 1. The second kappa shape index (κ2) is 4.06. The molecule has 0 saturated carbocycles. The number of Topliss-reactive ketones (excluding diaryl/α,β-unsaturated/α-hetero) is 1. The monoisotopic (exact) mass is 248 g/mol. The molecule has 0 radical (unpaired) electrons. The first-order chi connectivity index (χ1) is 8.15. The molecule has 0 heterocycles. The Labute approximate surface area is 110 Å². The maximum absolute atomic E-state index is 11.7. The summed E-state index contributed by atoms with van der Waals surface area (Å²) in [6.45, 7) is 10.4. The second-order valence-electron chi connectivity index (χ2n) is 6.93. The molecule has 100 valence electrons. The molecule has 0 fully saturated rings. The van der Waals surface area contributed by atoms with Crippen LogP contribution in [0.15, 0.2) is 23.3 Å². The van der Waals surface area contributed by atoms with Gasteiger partial charge in [0.05, 0.1) is 6.10 Å². The molecule has 0 aromatic rings. The zero-order chi connectivity index (χ0) is 13.7. The third-order valence-corrected chi connectivity index (χ3v) is 4.66. The van der Waals surface area contributed by atoms with Crippen molar-refractivity contribution in [2.75, 3.05) is 0 Å². The van der Waals surface area contributed by atoms with Crippen LogP contribution in [-0.2, 0) is 4.79 Å². The number of ketones is 1. The largest absolute Gasteiger partial charge is 0.392 e. The highest BCUT2D eigenvalue weighted by Crippen LogP contribution is 2.51. The highest BCUT2D eigenvalue weighted by Gasteiger charge is 2.42. The fraction of sp³-hybridized carbons (Fsp3) is 0.688.